The van der Waals surface area contributed by atoms with Gasteiger partial charge in [-0.05, 0) is 36.8 Å². The number of nitrogens with zero attached hydrogens (tertiary/aromatic N) is 2. The van der Waals surface area contributed by atoms with Crippen LogP contribution in [-0.4, -0.2) is 34.9 Å². The number of methoxy groups -OCH3 is 1. The lowest BCUT2D eigenvalue weighted by Gasteiger charge is -2.12. The number of thioether (sulfide) groups is 1. The molecule has 0 saturated carbocycles. The maximum absolute atomic E-state index is 12.3. The Morgan fingerprint density at radius 1 is 1.18 bits per heavy atom. The molecule has 2 aromatic carbocycles. The van der Waals surface area contributed by atoms with Crippen LogP contribution in [0.5, 0.6) is 0 Å². The molecule has 0 unspecified atom stereocenters. The molecule has 1 amide bonds. The number of halogens is 1. The average molecular weight is 416 g/mol. The molecule has 0 bridgehead atoms. The minimum Gasteiger partial charge on any atom is -0.383 e. The number of aromatic nitrogens is 2. The molecule has 0 radical (unpaired) electrons. The van der Waals surface area contributed by atoms with Crippen molar-refractivity contribution in [3.05, 3.63) is 65.3 Å². The predicted molar refractivity (Wildman–Crippen MR) is 115 cm³/mol. The average Bonchev–Trinajstić information content (AvgIpc) is 3.10. The maximum atomic E-state index is 12.3. The Morgan fingerprint density at radius 2 is 1.89 bits per heavy atom. The molecular weight excluding hydrogens is 394 g/mol. The van der Waals surface area contributed by atoms with E-state index in [0.29, 0.717) is 18.2 Å². The summed E-state index contributed by atoms with van der Waals surface area (Å²) in [6, 6.07) is 15.4. The number of ether oxygens (including phenoxy) is 1. The first-order chi connectivity index (χ1) is 13.6. The van der Waals surface area contributed by atoms with Crippen molar-refractivity contribution in [1.82, 2.24) is 9.55 Å². The van der Waals surface area contributed by atoms with E-state index >= 15 is 0 Å². The monoisotopic (exact) mass is 415 g/mol. The van der Waals surface area contributed by atoms with Crippen LogP contribution in [0, 0.1) is 6.92 Å². The molecule has 7 heteroatoms. The van der Waals surface area contributed by atoms with Gasteiger partial charge in [-0.1, -0.05) is 53.2 Å². The number of hydrogen-bond acceptors (Lipinski definition) is 4. The summed E-state index contributed by atoms with van der Waals surface area (Å²) in [6.07, 6.45) is 1.85. The lowest BCUT2D eigenvalue weighted by Crippen LogP contribution is -2.15. The molecular formula is C21H22ClN3O2S. The fraction of sp³-hybridized carbons (Fsp3) is 0.238. The molecule has 1 heterocycles. The molecule has 0 saturated heterocycles. The van der Waals surface area contributed by atoms with Crippen LogP contribution in [0.2, 0.25) is 5.02 Å². The second kappa shape index (κ2) is 9.78. The number of benzene rings is 2. The van der Waals surface area contributed by atoms with Crippen molar-refractivity contribution in [2.75, 3.05) is 24.8 Å². The Morgan fingerprint density at radius 3 is 2.57 bits per heavy atom. The van der Waals surface area contributed by atoms with Crippen molar-refractivity contribution in [2.45, 2.75) is 18.6 Å². The van der Waals surface area contributed by atoms with Gasteiger partial charge in [0.1, 0.15) is 0 Å². The van der Waals surface area contributed by atoms with Crippen LogP contribution in [-0.2, 0) is 16.1 Å². The van der Waals surface area contributed by atoms with Crippen LogP contribution in [0.1, 0.15) is 5.56 Å². The fourth-order valence-electron chi connectivity index (χ4n) is 2.69. The van der Waals surface area contributed by atoms with E-state index in [1.807, 2.05) is 6.20 Å². The van der Waals surface area contributed by atoms with Crippen LogP contribution in [0.4, 0.5) is 5.69 Å². The Bertz CT molecular complexity index is 924. The van der Waals surface area contributed by atoms with E-state index in [1.54, 1.807) is 31.4 Å². The number of amides is 1. The molecule has 146 valence electrons. The normalized spacial score (nSPS) is 10.8. The fourth-order valence-corrected chi connectivity index (χ4v) is 3.62. The van der Waals surface area contributed by atoms with Crippen LogP contribution >= 0.6 is 23.4 Å². The highest BCUT2D eigenvalue weighted by atomic mass is 35.5. The van der Waals surface area contributed by atoms with Gasteiger partial charge in [-0.15, -0.1) is 0 Å². The molecule has 0 fully saturated rings. The predicted octanol–water partition coefficient (Wildman–Crippen LogP) is 4.89. The third-order valence-electron chi connectivity index (χ3n) is 4.15. The number of hydrogen-bond donors (Lipinski definition) is 1. The second-order valence-electron chi connectivity index (χ2n) is 6.28. The van der Waals surface area contributed by atoms with Gasteiger partial charge in [-0.25, -0.2) is 4.98 Å². The van der Waals surface area contributed by atoms with Gasteiger partial charge in [0.05, 0.1) is 24.3 Å². The van der Waals surface area contributed by atoms with Gasteiger partial charge in [0.15, 0.2) is 5.16 Å². The van der Waals surface area contributed by atoms with Crippen molar-refractivity contribution in [3.8, 4) is 11.3 Å². The van der Waals surface area contributed by atoms with Crippen molar-refractivity contribution in [1.29, 1.82) is 0 Å². The zero-order chi connectivity index (χ0) is 19.9. The number of nitrogens with one attached hydrogen (secondary N) is 1. The van der Waals surface area contributed by atoms with Gasteiger partial charge in [0.25, 0.3) is 0 Å². The summed E-state index contributed by atoms with van der Waals surface area (Å²) in [5.41, 5.74) is 4.03. The van der Waals surface area contributed by atoms with Gasteiger partial charge < -0.3 is 14.6 Å². The number of anilines is 1. The maximum Gasteiger partial charge on any atom is 0.234 e. The third-order valence-corrected chi connectivity index (χ3v) is 5.39. The van der Waals surface area contributed by atoms with E-state index in [1.165, 1.54) is 17.3 Å². The summed E-state index contributed by atoms with van der Waals surface area (Å²) in [4.78, 5) is 16.8. The van der Waals surface area contributed by atoms with E-state index in [9.17, 15) is 4.79 Å². The molecule has 0 atom stereocenters. The van der Waals surface area contributed by atoms with Crippen LogP contribution in [0.25, 0.3) is 11.3 Å². The SMILES string of the molecule is COCCn1c(-c2ccc(C)cc2)cnc1SCC(=O)Nc1ccc(Cl)cc1. The topological polar surface area (TPSA) is 56.2 Å². The molecule has 3 rings (SSSR count). The second-order valence-corrected chi connectivity index (χ2v) is 7.66. The number of imidazole rings is 1. The highest BCUT2D eigenvalue weighted by Gasteiger charge is 2.14. The highest BCUT2D eigenvalue weighted by molar-refractivity contribution is 7.99. The van der Waals surface area contributed by atoms with E-state index in [-0.39, 0.29) is 11.7 Å². The molecule has 0 spiro atoms. The lowest BCUT2D eigenvalue weighted by atomic mass is 10.1. The van der Waals surface area contributed by atoms with Crippen molar-refractivity contribution in [3.63, 3.8) is 0 Å². The smallest absolute Gasteiger partial charge is 0.234 e. The first-order valence-corrected chi connectivity index (χ1v) is 10.2. The van der Waals surface area contributed by atoms with Gasteiger partial charge in [0, 0.05) is 24.4 Å². The summed E-state index contributed by atoms with van der Waals surface area (Å²) in [6.45, 7) is 3.30. The summed E-state index contributed by atoms with van der Waals surface area (Å²) in [5, 5.41) is 4.29. The Labute approximate surface area is 174 Å². The number of rotatable bonds is 8. The first-order valence-electron chi connectivity index (χ1n) is 8.86. The molecule has 1 N–H and O–H groups in total. The van der Waals surface area contributed by atoms with Crippen molar-refractivity contribution < 1.29 is 9.53 Å². The molecule has 3 aromatic rings. The largest absolute Gasteiger partial charge is 0.383 e. The van der Waals surface area contributed by atoms with Crippen LogP contribution in [0.3, 0.4) is 0 Å². The molecule has 1 aromatic heterocycles. The molecule has 0 aliphatic heterocycles. The summed E-state index contributed by atoms with van der Waals surface area (Å²) >= 11 is 7.28. The Hall–Kier alpha value is -2.28. The number of carbonyl (C=O) groups excluding carboxylic acids is 1. The van der Waals surface area contributed by atoms with Crippen molar-refractivity contribution in [2.24, 2.45) is 0 Å². The first kappa shape index (κ1) is 20.5. The minimum atomic E-state index is -0.0921. The van der Waals surface area contributed by atoms with Gasteiger partial charge in [-0.2, -0.15) is 0 Å². The Balaban J connectivity index is 1.71. The van der Waals surface area contributed by atoms with Gasteiger partial charge >= 0.3 is 0 Å². The Kier molecular flexibility index (Phi) is 7.14. The molecule has 5 nitrogen and oxygen atoms in total. The quantitative estimate of drug-likeness (QED) is 0.532. The zero-order valence-corrected chi connectivity index (χ0v) is 17.4. The van der Waals surface area contributed by atoms with Gasteiger partial charge in [-0.3, -0.25) is 4.79 Å². The summed E-state index contributed by atoms with van der Waals surface area (Å²) < 4.78 is 7.34. The summed E-state index contributed by atoms with van der Waals surface area (Å²) in [7, 11) is 1.68. The van der Waals surface area contributed by atoms with E-state index in [4.69, 9.17) is 16.3 Å². The van der Waals surface area contributed by atoms with Crippen molar-refractivity contribution >= 4 is 35.0 Å². The lowest BCUT2D eigenvalue weighted by molar-refractivity contribution is -0.113. The van der Waals surface area contributed by atoms with E-state index < -0.39 is 0 Å². The van der Waals surface area contributed by atoms with E-state index in [0.717, 1.165) is 22.1 Å². The van der Waals surface area contributed by atoms with Crippen LogP contribution < -0.4 is 5.32 Å². The zero-order valence-electron chi connectivity index (χ0n) is 15.8. The standard InChI is InChI=1S/C21H22ClN3O2S/c1-15-3-5-16(6-4-15)19-13-23-21(25(19)11-12-27-2)28-14-20(26)24-18-9-7-17(22)8-10-18/h3-10,13H,11-12,14H2,1-2H3,(H,24,26). The van der Waals surface area contributed by atoms with Gasteiger partial charge in [0.2, 0.25) is 5.91 Å². The van der Waals surface area contributed by atoms with Crippen LogP contribution in [0.15, 0.2) is 59.9 Å². The summed E-state index contributed by atoms with van der Waals surface area (Å²) in [5.74, 6) is 0.172. The third kappa shape index (κ3) is 5.38. The number of carbonyl (C=O) groups is 1. The molecule has 28 heavy (non-hydrogen) atoms. The van der Waals surface area contributed by atoms with E-state index in [2.05, 4.69) is 46.1 Å². The minimum absolute atomic E-state index is 0.0921. The highest BCUT2D eigenvalue weighted by Crippen LogP contribution is 2.26. The number of aryl methyl sites for hydroxylation is 1. The molecule has 0 aliphatic rings. The molecule has 0 aliphatic carbocycles.